The molecule has 0 spiro atoms. The molecule has 1 amide bonds. The Labute approximate surface area is 150 Å². The number of halogens is 3. The van der Waals surface area contributed by atoms with Crippen molar-refractivity contribution in [3.05, 3.63) is 35.1 Å². The summed E-state index contributed by atoms with van der Waals surface area (Å²) in [7, 11) is 0. The topological polar surface area (TPSA) is 55.8 Å². The van der Waals surface area contributed by atoms with Crippen molar-refractivity contribution in [2.45, 2.75) is 58.2 Å². The van der Waals surface area contributed by atoms with Gasteiger partial charge >= 0.3 is 12.1 Å². The standard InChI is InChI=1S/C18H22F3NO4/c1-5-25-16(23)15-7-6-14(22(15)17(24)26-18(2,3)4)10-8-12(20)13(21)9-11(10)19/h8-9,14-15H,5-7H2,1-4H3/t14-,15+/m0/s1. The first-order valence-electron chi connectivity index (χ1n) is 8.37. The summed E-state index contributed by atoms with van der Waals surface area (Å²) in [6.07, 6.45) is -0.464. The van der Waals surface area contributed by atoms with Gasteiger partial charge < -0.3 is 9.47 Å². The molecule has 26 heavy (non-hydrogen) atoms. The molecule has 1 aromatic carbocycles. The molecule has 0 aromatic heterocycles. The van der Waals surface area contributed by atoms with Gasteiger partial charge in [0.25, 0.3) is 0 Å². The number of esters is 1. The van der Waals surface area contributed by atoms with Crippen molar-refractivity contribution >= 4 is 12.1 Å². The molecule has 0 aliphatic carbocycles. The summed E-state index contributed by atoms with van der Waals surface area (Å²) in [5.74, 6) is -4.20. The zero-order chi connectivity index (χ0) is 19.6. The van der Waals surface area contributed by atoms with Gasteiger partial charge in [-0.05, 0) is 46.6 Å². The Bertz CT molecular complexity index is 702. The van der Waals surface area contributed by atoms with Crippen molar-refractivity contribution in [3.8, 4) is 0 Å². The molecule has 1 aliphatic rings. The van der Waals surface area contributed by atoms with Crippen LogP contribution in [0, 0.1) is 17.5 Å². The van der Waals surface area contributed by atoms with Crippen LogP contribution in [0.1, 0.15) is 52.1 Å². The van der Waals surface area contributed by atoms with E-state index in [-0.39, 0.29) is 25.0 Å². The molecule has 1 fully saturated rings. The van der Waals surface area contributed by atoms with Crippen molar-refractivity contribution in [1.82, 2.24) is 4.90 Å². The van der Waals surface area contributed by atoms with E-state index in [1.165, 1.54) is 0 Å². The number of nitrogens with zero attached hydrogens (tertiary/aromatic N) is 1. The summed E-state index contributed by atoms with van der Waals surface area (Å²) in [5.41, 5.74) is -1.06. The maximum atomic E-state index is 14.2. The van der Waals surface area contributed by atoms with E-state index in [2.05, 4.69) is 0 Å². The molecule has 5 nitrogen and oxygen atoms in total. The highest BCUT2D eigenvalue weighted by molar-refractivity contribution is 5.82. The van der Waals surface area contributed by atoms with Gasteiger partial charge in [0.1, 0.15) is 17.5 Å². The number of ether oxygens (including phenoxy) is 2. The molecule has 0 unspecified atom stereocenters. The summed E-state index contributed by atoms with van der Waals surface area (Å²) in [6, 6.07) is -0.813. The number of rotatable bonds is 3. The van der Waals surface area contributed by atoms with Crippen LogP contribution in [-0.4, -0.2) is 35.2 Å². The van der Waals surface area contributed by atoms with Gasteiger partial charge in [-0.25, -0.2) is 22.8 Å². The number of benzene rings is 1. The number of likely N-dealkylation sites (tertiary alicyclic amines) is 1. The van der Waals surface area contributed by atoms with E-state index >= 15 is 0 Å². The Balaban J connectivity index is 2.42. The number of hydrogen-bond donors (Lipinski definition) is 0. The van der Waals surface area contributed by atoms with Gasteiger partial charge in [0.15, 0.2) is 11.6 Å². The van der Waals surface area contributed by atoms with Crippen LogP contribution < -0.4 is 0 Å². The maximum Gasteiger partial charge on any atom is 0.411 e. The van der Waals surface area contributed by atoms with E-state index in [0.29, 0.717) is 12.1 Å². The van der Waals surface area contributed by atoms with Crippen LogP contribution in [0.25, 0.3) is 0 Å². The van der Waals surface area contributed by atoms with Crippen LogP contribution in [0.2, 0.25) is 0 Å². The molecule has 2 atom stereocenters. The first-order valence-corrected chi connectivity index (χ1v) is 8.37. The van der Waals surface area contributed by atoms with Gasteiger partial charge in [-0.2, -0.15) is 0 Å². The lowest BCUT2D eigenvalue weighted by Gasteiger charge is -2.32. The summed E-state index contributed by atoms with van der Waals surface area (Å²) in [5, 5.41) is 0. The average molecular weight is 373 g/mol. The fraction of sp³-hybridized carbons (Fsp3) is 0.556. The molecule has 0 radical (unpaired) electrons. The van der Waals surface area contributed by atoms with Gasteiger partial charge in [-0.15, -0.1) is 0 Å². The van der Waals surface area contributed by atoms with Gasteiger partial charge in [0.05, 0.1) is 12.6 Å². The molecule has 0 N–H and O–H groups in total. The molecule has 1 heterocycles. The van der Waals surface area contributed by atoms with E-state index in [4.69, 9.17) is 9.47 Å². The summed E-state index contributed by atoms with van der Waals surface area (Å²) in [6.45, 7) is 6.67. The van der Waals surface area contributed by atoms with Crippen LogP contribution in [0.3, 0.4) is 0 Å². The molecule has 8 heteroatoms. The Morgan fingerprint density at radius 2 is 1.73 bits per heavy atom. The molecule has 1 aliphatic heterocycles. The fourth-order valence-electron chi connectivity index (χ4n) is 2.95. The zero-order valence-electron chi connectivity index (χ0n) is 15.1. The van der Waals surface area contributed by atoms with Crippen molar-refractivity contribution in [1.29, 1.82) is 0 Å². The van der Waals surface area contributed by atoms with Gasteiger partial charge in [0, 0.05) is 11.6 Å². The third kappa shape index (κ3) is 4.28. The number of carbonyl (C=O) groups is 2. The minimum Gasteiger partial charge on any atom is -0.464 e. The van der Waals surface area contributed by atoms with E-state index in [1.807, 2.05) is 0 Å². The summed E-state index contributed by atoms with van der Waals surface area (Å²) >= 11 is 0. The predicted octanol–water partition coefficient (Wildman–Crippen LogP) is 4.11. The molecule has 1 aromatic rings. The Morgan fingerprint density at radius 3 is 2.31 bits per heavy atom. The largest absolute Gasteiger partial charge is 0.464 e. The highest BCUT2D eigenvalue weighted by Crippen LogP contribution is 2.39. The summed E-state index contributed by atoms with van der Waals surface area (Å²) in [4.78, 5) is 25.9. The molecule has 1 saturated heterocycles. The highest BCUT2D eigenvalue weighted by Gasteiger charge is 2.45. The Hall–Kier alpha value is -2.25. The highest BCUT2D eigenvalue weighted by atomic mass is 19.2. The molecule has 2 rings (SSSR count). The third-order valence-electron chi connectivity index (χ3n) is 3.95. The molecular weight excluding hydrogens is 351 g/mol. The van der Waals surface area contributed by atoms with Gasteiger partial charge in [0.2, 0.25) is 0 Å². The second-order valence-corrected chi connectivity index (χ2v) is 7.04. The minimum absolute atomic E-state index is 0.113. The van der Waals surface area contributed by atoms with E-state index in [9.17, 15) is 22.8 Å². The van der Waals surface area contributed by atoms with Crippen molar-refractivity contribution < 1.29 is 32.2 Å². The second-order valence-electron chi connectivity index (χ2n) is 7.04. The minimum atomic E-state index is -1.32. The zero-order valence-corrected chi connectivity index (χ0v) is 15.1. The van der Waals surface area contributed by atoms with E-state index in [1.54, 1.807) is 27.7 Å². The number of hydrogen-bond acceptors (Lipinski definition) is 4. The predicted molar refractivity (Wildman–Crippen MR) is 86.8 cm³/mol. The van der Waals surface area contributed by atoms with Crippen LogP contribution in [0.5, 0.6) is 0 Å². The second kappa shape index (κ2) is 7.55. The monoisotopic (exact) mass is 373 g/mol. The van der Waals surface area contributed by atoms with Crippen LogP contribution in [0.4, 0.5) is 18.0 Å². The quantitative estimate of drug-likeness (QED) is 0.591. The Kier molecular flexibility index (Phi) is 5.83. The van der Waals surface area contributed by atoms with Crippen molar-refractivity contribution in [3.63, 3.8) is 0 Å². The average Bonchev–Trinajstić information content (AvgIpc) is 2.94. The summed E-state index contributed by atoms with van der Waals surface area (Å²) < 4.78 is 51.4. The smallest absolute Gasteiger partial charge is 0.411 e. The van der Waals surface area contributed by atoms with E-state index < -0.39 is 47.2 Å². The van der Waals surface area contributed by atoms with Crippen LogP contribution in [-0.2, 0) is 14.3 Å². The molecule has 144 valence electrons. The first kappa shape index (κ1) is 20.1. The van der Waals surface area contributed by atoms with Crippen LogP contribution >= 0.6 is 0 Å². The first-order chi connectivity index (χ1) is 12.0. The van der Waals surface area contributed by atoms with Crippen molar-refractivity contribution in [2.75, 3.05) is 6.61 Å². The van der Waals surface area contributed by atoms with Crippen molar-refractivity contribution in [2.24, 2.45) is 0 Å². The molecule has 0 saturated carbocycles. The Morgan fingerprint density at radius 1 is 1.12 bits per heavy atom. The molecule has 0 bridgehead atoms. The maximum absolute atomic E-state index is 14.2. The lowest BCUT2D eigenvalue weighted by molar-refractivity contribution is -0.148. The van der Waals surface area contributed by atoms with E-state index in [0.717, 1.165) is 4.90 Å². The number of carbonyl (C=O) groups excluding carboxylic acids is 2. The molecular formula is C18H22F3NO4. The fourth-order valence-corrected chi connectivity index (χ4v) is 2.95. The van der Waals surface area contributed by atoms with Crippen LogP contribution in [0.15, 0.2) is 12.1 Å². The lowest BCUT2D eigenvalue weighted by Crippen LogP contribution is -2.45. The van der Waals surface area contributed by atoms with Gasteiger partial charge in [-0.1, -0.05) is 0 Å². The third-order valence-corrected chi connectivity index (χ3v) is 3.95. The normalized spacial score (nSPS) is 20.2. The number of amides is 1. The van der Waals surface area contributed by atoms with Gasteiger partial charge in [-0.3, -0.25) is 4.90 Å². The lowest BCUT2D eigenvalue weighted by atomic mass is 10.0. The SMILES string of the molecule is CCOC(=O)[C@H]1CC[C@@H](c2cc(F)c(F)cc2F)N1C(=O)OC(C)(C)C.